The van der Waals surface area contributed by atoms with Gasteiger partial charge in [0.15, 0.2) is 0 Å². The van der Waals surface area contributed by atoms with Gasteiger partial charge in [0, 0.05) is 5.70 Å². The molecule has 2 atom stereocenters. The van der Waals surface area contributed by atoms with Gasteiger partial charge in [0.2, 0.25) is 0 Å². The van der Waals surface area contributed by atoms with Crippen LogP contribution < -0.4 is 5.73 Å². The first kappa shape index (κ1) is 28.5. The van der Waals surface area contributed by atoms with E-state index in [1.165, 1.54) is 38.5 Å². The molecule has 0 aliphatic heterocycles. The average molecular weight is 480 g/mol. The molecular formula is C31H45NO3. The first-order valence-corrected chi connectivity index (χ1v) is 13.5. The fourth-order valence-corrected chi connectivity index (χ4v) is 4.33. The number of benzene rings is 1. The third-order valence-corrected chi connectivity index (χ3v) is 6.65. The minimum atomic E-state index is -0.897. The lowest BCUT2D eigenvalue weighted by atomic mass is 9.86. The number of unbranched alkanes of at least 4 members (excludes halogenated alkanes) is 7. The van der Waals surface area contributed by atoms with Gasteiger partial charge in [0.1, 0.15) is 5.76 Å². The molecule has 4 heteroatoms. The van der Waals surface area contributed by atoms with Gasteiger partial charge in [0.25, 0.3) is 0 Å². The third kappa shape index (κ3) is 10.2. The Morgan fingerprint density at radius 3 is 2.34 bits per heavy atom. The topological polar surface area (TPSA) is 72.5 Å². The van der Waals surface area contributed by atoms with Crippen LogP contribution >= 0.6 is 0 Å². The van der Waals surface area contributed by atoms with Gasteiger partial charge in [-0.1, -0.05) is 115 Å². The quantitative estimate of drug-likeness (QED) is 0.143. The molecular weight excluding hydrogens is 434 g/mol. The number of hydrogen-bond donors (Lipinski definition) is 2. The van der Waals surface area contributed by atoms with Crippen LogP contribution in [0, 0.1) is 11.8 Å². The summed E-state index contributed by atoms with van der Waals surface area (Å²) in [6.45, 7) is 6.95. The van der Waals surface area contributed by atoms with E-state index in [9.17, 15) is 9.90 Å². The summed E-state index contributed by atoms with van der Waals surface area (Å²) in [6, 6.07) is 10.0. The van der Waals surface area contributed by atoms with E-state index in [1.807, 2.05) is 48.6 Å². The Bertz CT molecular complexity index is 895. The molecule has 0 fully saturated rings. The van der Waals surface area contributed by atoms with Crippen LogP contribution in [0.2, 0.25) is 0 Å². The summed E-state index contributed by atoms with van der Waals surface area (Å²) in [6.07, 6.45) is 18.9. The van der Waals surface area contributed by atoms with Crippen molar-refractivity contribution in [3.63, 3.8) is 0 Å². The molecule has 0 aromatic heterocycles. The van der Waals surface area contributed by atoms with Crippen LogP contribution in [0.4, 0.5) is 0 Å². The van der Waals surface area contributed by atoms with E-state index in [2.05, 4.69) is 26.8 Å². The molecule has 1 aromatic carbocycles. The number of carboxylic acid groups (broad SMARTS) is 1. The van der Waals surface area contributed by atoms with Crippen molar-refractivity contribution in [2.45, 2.75) is 85.0 Å². The summed E-state index contributed by atoms with van der Waals surface area (Å²) in [4.78, 5) is 12.4. The van der Waals surface area contributed by atoms with Gasteiger partial charge in [0.05, 0.1) is 18.1 Å². The number of aliphatic carboxylic acids is 1. The van der Waals surface area contributed by atoms with Crippen LogP contribution in [0.15, 0.2) is 71.2 Å². The van der Waals surface area contributed by atoms with E-state index in [1.54, 1.807) is 0 Å². The molecule has 0 amide bonds. The van der Waals surface area contributed by atoms with Crippen LogP contribution in [0.25, 0.3) is 6.08 Å². The minimum Gasteiger partial charge on any atom is -0.496 e. The molecule has 0 spiro atoms. The number of allylic oxidation sites excluding steroid dienone is 3. The molecule has 192 valence electrons. The Hall–Kier alpha value is -2.75. The van der Waals surface area contributed by atoms with E-state index in [0.717, 1.165) is 30.4 Å². The van der Waals surface area contributed by atoms with Gasteiger partial charge in [-0.05, 0) is 42.0 Å². The zero-order valence-electron chi connectivity index (χ0n) is 22.0. The van der Waals surface area contributed by atoms with Crippen LogP contribution in [-0.4, -0.2) is 17.7 Å². The Kier molecular flexibility index (Phi) is 13.0. The van der Waals surface area contributed by atoms with E-state index >= 15 is 0 Å². The van der Waals surface area contributed by atoms with E-state index in [-0.39, 0.29) is 11.8 Å². The largest absolute Gasteiger partial charge is 0.496 e. The molecule has 1 aliphatic rings. The molecule has 0 saturated heterocycles. The second kappa shape index (κ2) is 16.0. The number of carboxylic acids is 1. The van der Waals surface area contributed by atoms with Crippen LogP contribution in [0.1, 0.15) is 90.5 Å². The van der Waals surface area contributed by atoms with Gasteiger partial charge in [-0.2, -0.15) is 0 Å². The van der Waals surface area contributed by atoms with Crippen LogP contribution in [0.3, 0.4) is 0 Å². The zero-order chi connectivity index (χ0) is 25.5. The van der Waals surface area contributed by atoms with E-state index < -0.39 is 5.97 Å². The lowest BCUT2D eigenvalue weighted by Crippen LogP contribution is -2.19. The summed E-state index contributed by atoms with van der Waals surface area (Å²) >= 11 is 0. The molecule has 1 aromatic rings. The predicted octanol–water partition coefficient (Wildman–Crippen LogP) is 8.03. The maximum atomic E-state index is 12.4. The molecule has 0 heterocycles. The van der Waals surface area contributed by atoms with Crippen molar-refractivity contribution in [1.29, 1.82) is 0 Å². The predicted molar refractivity (Wildman–Crippen MR) is 147 cm³/mol. The number of ether oxygens (including phenoxy) is 1. The zero-order valence-corrected chi connectivity index (χ0v) is 22.0. The van der Waals surface area contributed by atoms with Gasteiger partial charge < -0.3 is 15.6 Å². The van der Waals surface area contributed by atoms with Crippen LogP contribution in [-0.2, 0) is 9.53 Å². The molecule has 35 heavy (non-hydrogen) atoms. The van der Waals surface area contributed by atoms with E-state index in [0.29, 0.717) is 30.1 Å². The Balaban J connectivity index is 2.23. The minimum absolute atomic E-state index is 0.262. The Labute approximate surface area is 212 Å². The highest BCUT2D eigenvalue weighted by molar-refractivity contribution is 5.87. The summed E-state index contributed by atoms with van der Waals surface area (Å²) in [5.74, 6) is -0.349. The second-order valence-corrected chi connectivity index (χ2v) is 9.72. The smallest absolute Gasteiger partial charge is 0.335 e. The number of nitrogens with two attached hydrogens (primary N) is 1. The maximum Gasteiger partial charge on any atom is 0.335 e. The normalized spacial score (nSPS) is 18.2. The first-order valence-electron chi connectivity index (χ1n) is 13.5. The summed E-state index contributed by atoms with van der Waals surface area (Å²) in [5.41, 5.74) is 9.17. The summed E-state index contributed by atoms with van der Waals surface area (Å²) in [5, 5.41) is 10.2. The van der Waals surface area contributed by atoms with E-state index in [4.69, 9.17) is 10.5 Å². The summed E-state index contributed by atoms with van der Waals surface area (Å²) in [7, 11) is 0. The highest BCUT2D eigenvalue weighted by Gasteiger charge is 2.27. The van der Waals surface area contributed by atoms with Crippen molar-refractivity contribution in [2.24, 2.45) is 17.6 Å². The van der Waals surface area contributed by atoms with Gasteiger partial charge in [-0.3, -0.25) is 0 Å². The van der Waals surface area contributed by atoms with Crippen molar-refractivity contribution in [3.8, 4) is 0 Å². The molecule has 0 bridgehead atoms. The fourth-order valence-electron chi connectivity index (χ4n) is 4.33. The first-order chi connectivity index (χ1) is 17.0. The van der Waals surface area contributed by atoms with Gasteiger partial charge in [-0.15, -0.1) is 0 Å². The molecule has 3 N–H and O–H groups in total. The average Bonchev–Trinajstić information content (AvgIpc) is 2.85. The highest BCUT2D eigenvalue weighted by Crippen LogP contribution is 2.34. The third-order valence-electron chi connectivity index (χ3n) is 6.65. The van der Waals surface area contributed by atoms with Gasteiger partial charge in [-0.25, -0.2) is 4.79 Å². The fraction of sp³-hybridized carbons (Fsp3) is 0.516. The molecule has 2 unspecified atom stereocenters. The SMILES string of the molecule is CCCCCCCCCCOC(=C(CC(C)CC)C(=O)O)C1C=CC(N)=CC1=Cc1ccccc1. The standard InChI is InChI=1S/C31H45NO3/c1-4-6-7-8-9-10-11-15-20-35-30(29(31(33)34)21-24(3)5-2)28-19-18-27(32)23-26(28)22-25-16-13-12-14-17-25/h12-14,16-19,22-24,28H,4-11,15,20-21,32H2,1-3H3,(H,33,34). The monoisotopic (exact) mass is 479 g/mol. The van der Waals surface area contributed by atoms with Crippen molar-refractivity contribution < 1.29 is 14.6 Å². The molecule has 1 aliphatic carbocycles. The molecule has 0 saturated carbocycles. The van der Waals surface area contributed by atoms with Crippen molar-refractivity contribution >= 4 is 12.0 Å². The second-order valence-electron chi connectivity index (χ2n) is 9.72. The Morgan fingerprint density at radius 2 is 1.71 bits per heavy atom. The maximum absolute atomic E-state index is 12.4. The number of carbonyl (C=O) groups is 1. The van der Waals surface area contributed by atoms with Crippen molar-refractivity contribution in [3.05, 3.63) is 76.7 Å². The lowest BCUT2D eigenvalue weighted by molar-refractivity contribution is -0.133. The van der Waals surface area contributed by atoms with Crippen molar-refractivity contribution in [1.82, 2.24) is 0 Å². The van der Waals surface area contributed by atoms with Crippen LogP contribution in [0.5, 0.6) is 0 Å². The molecule has 4 nitrogen and oxygen atoms in total. The number of hydrogen-bond acceptors (Lipinski definition) is 3. The lowest BCUT2D eigenvalue weighted by Gasteiger charge is -2.25. The van der Waals surface area contributed by atoms with Crippen molar-refractivity contribution in [2.75, 3.05) is 6.61 Å². The van der Waals surface area contributed by atoms with Gasteiger partial charge >= 0.3 is 5.97 Å². The Morgan fingerprint density at radius 1 is 1.06 bits per heavy atom. The highest BCUT2D eigenvalue weighted by atomic mass is 16.5. The molecule has 0 radical (unpaired) electrons. The summed E-state index contributed by atoms with van der Waals surface area (Å²) < 4.78 is 6.34. The number of rotatable bonds is 16. The molecule has 2 rings (SSSR count).